The number of methoxy groups -OCH3 is 1. The Morgan fingerprint density at radius 2 is 1.69 bits per heavy atom. The van der Waals surface area contributed by atoms with Crippen molar-refractivity contribution >= 4 is 17.6 Å². The van der Waals surface area contributed by atoms with Crippen LogP contribution in [0.2, 0.25) is 0 Å². The summed E-state index contributed by atoms with van der Waals surface area (Å²) in [7, 11) is 1.24. The molecule has 39 heavy (non-hydrogen) atoms. The molecule has 9 nitrogen and oxygen atoms in total. The van der Waals surface area contributed by atoms with Crippen LogP contribution in [0.5, 0.6) is 0 Å². The van der Waals surface area contributed by atoms with Crippen LogP contribution in [0.1, 0.15) is 56.3 Å². The number of nitro groups is 1. The summed E-state index contributed by atoms with van der Waals surface area (Å²) in [6.45, 7) is 5.53. The van der Waals surface area contributed by atoms with Gasteiger partial charge in [-0.2, -0.15) is 0 Å². The molecule has 2 unspecified atom stereocenters. The summed E-state index contributed by atoms with van der Waals surface area (Å²) in [5.41, 5.74) is 2.08. The summed E-state index contributed by atoms with van der Waals surface area (Å²) in [6.07, 6.45) is 2.53. The van der Waals surface area contributed by atoms with Crippen LogP contribution in [-0.2, 0) is 19.1 Å². The molecule has 1 fully saturated rings. The molecular formula is C29H32FN3O6. The van der Waals surface area contributed by atoms with Gasteiger partial charge in [-0.15, -0.1) is 0 Å². The Labute approximate surface area is 226 Å². The summed E-state index contributed by atoms with van der Waals surface area (Å²) >= 11 is 0. The van der Waals surface area contributed by atoms with Gasteiger partial charge in [-0.25, -0.2) is 14.0 Å². The highest BCUT2D eigenvalue weighted by atomic mass is 19.1. The molecule has 10 heteroatoms. The van der Waals surface area contributed by atoms with E-state index in [1.54, 1.807) is 32.0 Å². The van der Waals surface area contributed by atoms with E-state index in [2.05, 4.69) is 10.2 Å². The smallest absolute Gasteiger partial charge is 0.337 e. The zero-order valence-corrected chi connectivity index (χ0v) is 22.2. The van der Waals surface area contributed by atoms with Crippen LogP contribution in [0.4, 0.5) is 10.1 Å². The number of hydrogen-bond acceptors (Lipinski definition) is 8. The van der Waals surface area contributed by atoms with Crippen molar-refractivity contribution in [2.45, 2.75) is 45.1 Å². The van der Waals surface area contributed by atoms with Gasteiger partial charge in [0, 0.05) is 30.1 Å². The van der Waals surface area contributed by atoms with Crippen molar-refractivity contribution in [3.63, 3.8) is 0 Å². The van der Waals surface area contributed by atoms with E-state index in [-0.39, 0.29) is 16.8 Å². The number of piperidine rings is 1. The van der Waals surface area contributed by atoms with Gasteiger partial charge in [0.1, 0.15) is 11.9 Å². The third-order valence-electron chi connectivity index (χ3n) is 7.16. The summed E-state index contributed by atoms with van der Waals surface area (Å²) < 4.78 is 24.8. The molecule has 2 aliphatic heterocycles. The number of non-ortho nitro benzene ring substituents is 1. The molecule has 2 aromatic rings. The fraction of sp³-hybridized carbons (Fsp3) is 0.379. The fourth-order valence-corrected chi connectivity index (χ4v) is 5.25. The Morgan fingerprint density at radius 1 is 1.05 bits per heavy atom. The van der Waals surface area contributed by atoms with Crippen LogP contribution in [0, 0.1) is 15.9 Å². The monoisotopic (exact) mass is 537 g/mol. The minimum absolute atomic E-state index is 0.146. The van der Waals surface area contributed by atoms with Crippen molar-refractivity contribution in [3.05, 3.63) is 98.1 Å². The van der Waals surface area contributed by atoms with Crippen LogP contribution >= 0.6 is 0 Å². The van der Waals surface area contributed by atoms with E-state index in [4.69, 9.17) is 9.47 Å². The van der Waals surface area contributed by atoms with Crippen LogP contribution in [0.25, 0.3) is 0 Å². The van der Waals surface area contributed by atoms with Gasteiger partial charge in [-0.1, -0.05) is 30.7 Å². The normalized spacial score (nSPS) is 18.8. The lowest BCUT2D eigenvalue weighted by molar-refractivity contribution is -0.384. The van der Waals surface area contributed by atoms with Gasteiger partial charge in [0.2, 0.25) is 0 Å². The lowest BCUT2D eigenvalue weighted by Crippen LogP contribution is -2.36. The second-order valence-electron chi connectivity index (χ2n) is 9.79. The van der Waals surface area contributed by atoms with Crippen molar-refractivity contribution in [2.24, 2.45) is 0 Å². The Morgan fingerprint density at radius 3 is 2.31 bits per heavy atom. The molecule has 0 aliphatic carbocycles. The summed E-state index contributed by atoms with van der Waals surface area (Å²) in [5, 5.41) is 14.6. The standard InChI is InChI=1S/C29H32FN3O6/c1-18-25(28(34)38-3)27(21-8-7-9-23(16-21)33(36)37)26(19(2)31-18)29(35)39-24(17-32-14-5-4-6-15-32)20-10-12-22(30)13-11-20/h7-13,16,24,27,31H,4-6,14-15,17H2,1-3H3. The van der Waals surface area contributed by atoms with Gasteiger partial charge in [0.15, 0.2) is 0 Å². The average molecular weight is 538 g/mol. The zero-order valence-electron chi connectivity index (χ0n) is 22.2. The van der Waals surface area contributed by atoms with Gasteiger partial charge >= 0.3 is 11.9 Å². The van der Waals surface area contributed by atoms with E-state index in [9.17, 15) is 24.1 Å². The number of carbonyl (C=O) groups is 2. The number of hydrogen-bond donors (Lipinski definition) is 1. The Bertz CT molecular complexity index is 1310. The van der Waals surface area contributed by atoms with Crippen molar-refractivity contribution in [2.75, 3.05) is 26.7 Å². The van der Waals surface area contributed by atoms with E-state index >= 15 is 0 Å². The molecule has 0 aromatic heterocycles. The fourth-order valence-electron chi connectivity index (χ4n) is 5.25. The highest BCUT2D eigenvalue weighted by molar-refractivity contribution is 6.00. The maximum atomic E-state index is 13.9. The Kier molecular flexibility index (Phi) is 8.75. The van der Waals surface area contributed by atoms with Crippen molar-refractivity contribution < 1.29 is 28.4 Å². The van der Waals surface area contributed by atoms with Crippen molar-refractivity contribution in [1.29, 1.82) is 0 Å². The highest BCUT2D eigenvalue weighted by Crippen LogP contribution is 2.41. The number of halogens is 1. The van der Waals surface area contributed by atoms with Crippen LogP contribution < -0.4 is 5.32 Å². The molecule has 4 rings (SSSR count). The summed E-state index contributed by atoms with van der Waals surface area (Å²) in [5.74, 6) is -2.71. The number of nitro benzene ring substituents is 1. The quantitative estimate of drug-likeness (QED) is 0.287. The number of dihydropyridines is 1. The zero-order chi connectivity index (χ0) is 28.1. The van der Waals surface area contributed by atoms with Gasteiger partial charge < -0.3 is 14.8 Å². The molecule has 2 aromatic carbocycles. The van der Waals surface area contributed by atoms with E-state index in [1.165, 1.54) is 37.4 Å². The topological polar surface area (TPSA) is 111 Å². The van der Waals surface area contributed by atoms with Crippen LogP contribution in [0.15, 0.2) is 71.1 Å². The molecule has 2 aliphatic rings. The molecule has 0 saturated carbocycles. The third-order valence-corrected chi connectivity index (χ3v) is 7.16. The molecule has 206 valence electrons. The number of benzene rings is 2. The number of rotatable bonds is 8. The number of allylic oxidation sites excluding steroid dienone is 2. The maximum absolute atomic E-state index is 13.9. The van der Waals surface area contributed by atoms with Crippen molar-refractivity contribution in [3.8, 4) is 0 Å². The van der Waals surface area contributed by atoms with Crippen LogP contribution in [0.3, 0.4) is 0 Å². The molecule has 0 radical (unpaired) electrons. The molecule has 0 spiro atoms. The predicted molar refractivity (Wildman–Crippen MR) is 142 cm³/mol. The predicted octanol–water partition coefficient (Wildman–Crippen LogP) is 4.91. The number of likely N-dealkylation sites (tertiary alicyclic amines) is 1. The molecule has 1 N–H and O–H groups in total. The lowest BCUT2D eigenvalue weighted by atomic mass is 9.80. The van der Waals surface area contributed by atoms with E-state index < -0.39 is 34.7 Å². The number of esters is 2. The van der Waals surface area contributed by atoms with Gasteiger partial charge in [0.25, 0.3) is 5.69 Å². The second-order valence-corrected chi connectivity index (χ2v) is 9.79. The number of nitrogens with one attached hydrogen (secondary N) is 1. The number of carbonyl (C=O) groups excluding carboxylic acids is 2. The second kappa shape index (κ2) is 12.2. The molecule has 0 amide bonds. The third kappa shape index (κ3) is 6.34. The van der Waals surface area contributed by atoms with Gasteiger partial charge in [0.05, 0.1) is 29.1 Å². The maximum Gasteiger partial charge on any atom is 0.337 e. The summed E-state index contributed by atoms with van der Waals surface area (Å²) in [6, 6.07) is 11.7. The molecule has 0 bridgehead atoms. The first-order valence-corrected chi connectivity index (χ1v) is 12.9. The first-order valence-electron chi connectivity index (χ1n) is 12.9. The number of nitrogens with zero attached hydrogens (tertiary/aromatic N) is 2. The first-order chi connectivity index (χ1) is 18.7. The highest BCUT2D eigenvalue weighted by Gasteiger charge is 2.39. The van der Waals surface area contributed by atoms with Crippen molar-refractivity contribution in [1.82, 2.24) is 10.2 Å². The first kappa shape index (κ1) is 28.0. The molecule has 1 saturated heterocycles. The van der Waals surface area contributed by atoms with E-state index in [0.717, 1.165) is 32.4 Å². The summed E-state index contributed by atoms with van der Waals surface area (Å²) in [4.78, 5) is 40.1. The minimum atomic E-state index is -0.963. The largest absolute Gasteiger partial charge is 0.466 e. The minimum Gasteiger partial charge on any atom is -0.466 e. The lowest BCUT2D eigenvalue weighted by Gasteiger charge is -2.33. The van der Waals surface area contributed by atoms with E-state index in [1.807, 2.05) is 0 Å². The number of ether oxygens (including phenoxy) is 2. The van der Waals surface area contributed by atoms with Crippen LogP contribution in [-0.4, -0.2) is 48.5 Å². The Balaban J connectivity index is 1.74. The molecule has 2 heterocycles. The average Bonchev–Trinajstić information content (AvgIpc) is 2.93. The Hall–Kier alpha value is -4.05. The molecule has 2 atom stereocenters. The van der Waals surface area contributed by atoms with E-state index in [0.29, 0.717) is 29.1 Å². The molecular weight excluding hydrogens is 505 g/mol. The SMILES string of the molecule is COC(=O)C1=C(C)NC(C)=C(C(=O)OC(CN2CCCCC2)c2ccc(F)cc2)C1c1cccc([N+](=O)[O-])c1. The van der Waals surface area contributed by atoms with Gasteiger partial charge in [-0.05, 0) is 63.0 Å². The van der Waals surface area contributed by atoms with Gasteiger partial charge in [-0.3, -0.25) is 15.0 Å².